The zero-order chi connectivity index (χ0) is 18.7. The largest absolute Gasteiger partial charge is 0.492 e. The molecule has 0 bridgehead atoms. The van der Waals surface area contributed by atoms with Gasteiger partial charge in [0, 0.05) is 11.0 Å². The van der Waals surface area contributed by atoms with Crippen molar-refractivity contribution in [2.75, 3.05) is 6.26 Å². The van der Waals surface area contributed by atoms with Crippen LogP contribution in [-0.4, -0.2) is 39.5 Å². The van der Waals surface area contributed by atoms with Crippen LogP contribution < -0.4 is 15.8 Å². The molecule has 0 spiro atoms. The maximum absolute atomic E-state index is 12.2. The summed E-state index contributed by atoms with van der Waals surface area (Å²) in [6, 6.07) is 5.15. The number of aromatic amines is 1. The standard InChI is InChI=1S/C16H18BN3O4S/c1-8(2)24-14-10(5-9(3)6-12(14)17(22)23)13-11(7-18)15(21)20-16(19-13)25-4/h5-6,8,22-23H,1-4H3,(H,19,20,21). The molecule has 1 heterocycles. The van der Waals surface area contributed by atoms with Crippen molar-refractivity contribution in [3.63, 3.8) is 0 Å². The Bertz CT molecular complexity index is 890. The van der Waals surface area contributed by atoms with Crippen LogP contribution in [0.25, 0.3) is 11.3 Å². The third-order valence-electron chi connectivity index (χ3n) is 3.35. The topological polar surface area (TPSA) is 119 Å². The zero-order valence-corrected chi connectivity index (χ0v) is 15.1. The van der Waals surface area contributed by atoms with Crippen molar-refractivity contribution >= 4 is 24.3 Å². The molecule has 0 saturated carbocycles. The monoisotopic (exact) mass is 359 g/mol. The average molecular weight is 359 g/mol. The number of aromatic nitrogens is 2. The first-order chi connectivity index (χ1) is 11.8. The lowest BCUT2D eigenvalue weighted by molar-refractivity contribution is 0.244. The number of nitrogens with zero attached hydrogens (tertiary/aromatic N) is 2. The number of thioether (sulfide) groups is 1. The molecule has 1 aromatic heterocycles. The van der Waals surface area contributed by atoms with Gasteiger partial charge in [-0.25, -0.2) is 4.98 Å². The van der Waals surface area contributed by atoms with Gasteiger partial charge >= 0.3 is 7.12 Å². The molecule has 0 aliphatic heterocycles. The SMILES string of the molecule is CSc1nc(-c2cc(C)cc(B(O)O)c2OC(C)C)c(C#N)c(=O)[nH]1. The van der Waals surface area contributed by atoms with E-state index in [9.17, 15) is 20.1 Å². The minimum absolute atomic E-state index is 0.150. The molecule has 0 fully saturated rings. The molecule has 7 nitrogen and oxygen atoms in total. The number of hydrogen-bond acceptors (Lipinski definition) is 7. The molecule has 130 valence electrons. The van der Waals surface area contributed by atoms with Crippen LogP contribution in [0, 0.1) is 18.3 Å². The molecule has 3 N–H and O–H groups in total. The number of ether oxygens (including phenoxy) is 1. The van der Waals surface area contributed by atoms with Gasteiger partial charge in [0.1, 0.15) is 23.1 Å². The highest BCUT2D eigenvalue weighted by Crippen LogP contribution is 2.31. The molecular weight excluding hydrogens is 341 g/mol. The van der Waals surface area contributed by atoms with E-state index in [0.29, 0.717) is 16.3 Å². The summed E-state index contributed by atoms with van der Waals surface area (Å²) in [7, 11) is -1.76. The van der Waals surface area contributed by atoms with E-state index in [2.05, 4.69) is 9.97 Å². The average Bonchev–Trinajstić information content (AvgIpc) is 2.54. The van der Waals surface area contributed by atoms with Crippen molar-refractivity contribution in [1.29, 1.82) is 5.26 Å². The van der Waals surface area contributed by atoms with Gasteiger partial charge in [0.25, 0.3) is 5.56 Å². The summed E-state index contributed by atoms with van der Waals surface area (Å²) in [6.07, 6.45) is 1.49. The molecule has 25 heavy (non-hydrogen) atoms. The summed E-state index contributed by atoms with van der Waals surface area (Å²) in [4.78, 5) is 19.1. The smallest absolute Gasteiger partial charge is 0.491 e. The van der Waals surface area contributed by atoms with Crippen molar-refractivity contribution in [2.24, 2.45) is 0 Å². The van der Waals surface area contributed by atoms with Crippen molar-refractivity contribution in [2.45, 2.75) is 32.0 Å². The van der Waals surface area contributed by atoms with E-state index in [0.717, 1.165) is 0 Å². The van der Waals surface area contributed by atoms with E-state index in [1.807, 2.05) is 6.07 Å². The molecule has 2 aromatic rings. The Labute approximate surface area is 149 Å². The number of nitriles is 1. The van der Waals surface area contributed by atoms with Gasteiger partial charge < -0.3 is 19.8 Å². The summed E-state index contributed by atoms with van der Waals surface area (Å²) in [5.41, 5.74) is 0.674. The molecule has 1 aromatic carbocycles. The minimum Gasteiger partial charge on any atom is -0.491 e. The van der Waals surface area contributed by atoms with Crippen LogP contribution in [0.3, 0.4) is 0 Å². The molecular formula is C16H18BN3O4S. The van der Waals surface area contributed by atoms with Crippen molar-refractivity contribution in [1.82, 2.24) is 9.97 Å². The van der Waals surface area contributed by atoms with Gasteiger partial charge in [-0.15, -0.1) is 0 Å². The van der Waals surface area contributed by atoms with Gasteiger partial charge in [-0.3, -0.25) is 4.79 Å². The molecule has 0 unspecified atom stereocenters. The van der Waals surface area contributed by atoms with Gasteiger partial charge in [-0.2, -0.15) is 5.26 Å². The highest BCUT2D eigenvalue weighted by Gasteiger charge is 2.25. The predicted octanol–water partition coefficient (Wildman–Crippen LogP) is 0.806. The molecule has 2 rings (SSSR count). The third kappa shape index (κ3) is 4.04. The van der Waals surface area contributed by atoms with E-state index in [1.54, 1.807) is 39.2 Å². The first-order valence-corrected chi connectivity index (χ1v) is 8.77. The van der Waals surface area contributed by atoms with Gasteiger partial charge in [-0.05, 0) is 33.1 Å². The Morgan fingerprint density at radius 1 is 1.40 bits per heavy atom. The van der Waals surface area contributed by atoms with Crippen LogP contribution in [0.2, 0.25) is 0 Å². The van der Waals surface area contributed by atoms with Crippen molar-refractivity contribution in [3.05, 3.63) is 33.6 Å². The first kappa shape index (κ1) is 19.1. The number of nitrogens with one attached hydrogen (secondary N) is 1. The molecule has 0 aliphatic carbocycles. The third-order valence-corrected chi connectivity index (χ3v) is 3.93. The fourth-order valence-electron chi connectivity index (χ4n) is 2.38. The molecule has 9 heteroatoms. The van der Waals surface area contributed by atoms with Crippen LogP contribution in [-0.2, 0) is 0 Å². The van der Waals surface area contributed by atoms with Crippen LogP contribution in [0.5, 0.6) is 5.75 Å². The van der Waals surface area contributed by atoms with E-state index in [1.165, 1.54) is 11.8 Å². The minimum atomic E-state index is -1.76. The van der Waals surface area contributed by atoms with E-state index in [-0.39, 0.29) is 28.6 Å². The summed E-state index contributed by atoms with van der Waals surface area (Å²) in [5.74, 6) is 0.192. The maximum atomic E-state index is 12.2. The van der Waals surface area contributed by atoms with Crippen LogP contribution >= 0.6 is 11.8 Å². The van der Waals surface area contributed by atoms with Gasteiger partial charge in [0.05, 0.1) is 6.10 Å². The lowest BCUT2D eigenvalue weighted by atomic mass is 9.77. The van der Waals surface area contributed by atoms with Crippen LogP contribution in [0.15, 0.2) is 22.1 Å². The lowest BCUT2D eigenvalue weighted by Crippen LogP contribution is -2.33. The number of hydrogen-bond donors (Lipinski definition) is 3. The molecule has 0 atom stereocenters. The Kier molecular flexibility index (Phi) is 5.90. The second-order valence-electron chi connectivity index (χ2n) is 5.68. The van der Waals surface area contributed by atoms with Crippen LogP contribution in [0.1, 0.15) is 25.0 Å². The van der Waals surface area contributed by atoms with Gasteiger partial charge in [0.2, 0.25) is 0 Å². The number of benzene rings is 1. The second-order valence-corrected chi connectivity index (χ2v) is 6.48. The van der Waals surface area contributed by atoms with Crippen LogP contribution in [0.4, 0.5) is 0 Å². The Morgan fingerprint density at radius 3 is 2.60 bits per heavy atom. The van der Waals surface area contributed by atoms with Gasteiger partial charge in [0.15, 0.2) is 5.16 Å². The first-order valence-electron chi connectivity index (χ1n) is 7.54. The van der Waals surface area contributed by atoms with E-state index in [4.69, 9.17) is 4.74 Å². The summed E-state index contributed by atoms with van der Waals surface area (Å²) < 4.78 is 5.77. The molecule has 0 aliphatic rings. The predicted molar refractivity (Wildman–Crippen MR) is 97.1 cm³/mol. The van der Waals surface area contributed by atoms with E-state index >= 15 is 0 Å². The molecule has 0 amide bonds. The highest BCUT2D eigenvalue weighted by molar-refractivity contribution is 7.98. The Morgan fingerprint density at radius 2 is 2.08 bits per heavy atom. The van der Waals surface area contributed by atoms with Gasteiger partial charge in [-0.1, -0.05) is 23.4 Å². The molecule has 0 saturated heterocycles. The fraction of sp³-hybridized carbons (Fsp3) is 0.312. The normalized spacial score (nSPS) is 10.6. The Hall–Kier alpha value is -2.28. The van der Waals surface area contributed by atoms with Crippen molar-refractivity contribution < 1.29 is 14.8 Å². The van der Waals surface area contributed by atoms with Crippen molar-refractivity contribution in [3.8, 4) is 23.1 Å². The van der Waals surface area contributed by atoms with E-state index < -0.39 is 12.7 Å². The fourth-order valence-corrected chi connectivity index (χ4v) is 2.76. The second kappa shape index (κ2) is 7.74. The Balaban J connectivity index is 2.89. The number of rotatable bonds is 5. The quantitative estimate of drug-likeness (QED) is 0.410. The number of aryl methyl sites for hydroxylation is 1. The lowest BCUT2D eigenvalue weighted by Gasteiger charge is -2.19. The highest BCUT2D eigenvalue weighted by atomic mass is 32.2. The summed E-state index contributed by atoms with van der Waals surface area (Å²) in [6.45, 7) is 5.35. The summed E-state index contributed by atoms with van der Waals surface area (Å²) >= 11 is 1.23. The zero-order valence-electron chi connectivity index (χ0n) is 14.3. The maximum Gasteiger partial charge on any atom is 0.492 e. The molecule has 0 radical (unpaired) electrons. The number of H-pyrrole nitrogens is 1. The summed E-state index contributed by atoms with van der Waals surface area (Å²) in [5, 5.41) is 29.2.